The van der Waals surface area contributed by atoms with Gasteiger partial charge < -0.3 is 4.42 Å². The Morgan fingerprint density at radius 3 is 2.45 bits per heavy atom. The van der Waals surface area contributed by atoms with E-state index >= 15 is 0 Å². The number of nitrogens with zero attached hydrogens (tertiary/aromatic N) is 4. The maximum Gasteiger partial charge on any atom is 0.188 e. The molecule has 0 unspecified atom stereocenters. The van der Waals surface area contributed by atoms with Gasteiger partial charge in [-0.3, -0.25) is 4.57 Å². The third-order valence-electron chi connectivity index (χ3n) is 5.98. The first-order valence-electron chi connectivity index (χ1n) is 10.6. The first-order valence-corrected chi connectivity index (χ1v) is 10.6. The van der Waals surface area contributed by atoms with Crippen molar-refractivity contribution in [2.24, 2.45) is 0 Å². The largest absolute Gasteiger partial charge is 0.455 e. The van der Waals surface area contributed by atoms with Gasteiger partial charge in [0.05, 0.1) is 11.1 Å². The number of furan rings is 1. The summed E-state index contributed by atoms with van der Waals surface area (Å²) in [6, 6.07) is 28.3. The van der Waals surface area contributed by atoms with E-state index in [0.29, 0.717) is 22.6 Å². The molecule has 0 N–H and O–H groups in total. The zero-order valence-corrected chi connectivity index (χ0v) is 17.2. The summed E-state index contributed by atoms with van der Waals surface area (Å²) < 4.78 is 22.0. The lowest BCUT2D eigenvalue weighted by Crippen LogP contribution is -1.99. The minimum absolute atomic E-state index is 0.332. The molecule has 33 heavy (non-hydrogen) atoms. The Balaban J connectivity index is 1.63. The van der Waals surface area contributed by atoms with Crippen LogP contribution in [0, 0.1) is 5.82 Å². The molecule has 7 aromatic rings. The number of halogens is 1. The molecule has 5 nitrogen and oxygen atoms in total. The maximum atomic E-state index is 13.9. The monoisotopic (exact) mass is 430 g/mol. The van der Waals surface area contributed by atoms with E-state index in [1.807, 2.05) is 77.4 Å². The molecule has 0 aliphatic heterocycles. The van der Waals surface area contributed by atoms with Crippen molar-refractivity contribution in [1.82, 2.24) is 19.7 Å². The van der Waals surface area contributed by atoms with Crippen molar-refractivity contribution in [3.63, 3.8) is 0 Å². The van der Waals surface area contributed by atoms with Crippen LogP contribution in [-0.4, -0.2) is 19.7 Å². The third-order valence-corrected chi connectivity index (χ3v) is 5.98. The van der Waals surface area contributed by atoms with E-state index in [-0.39, 0.29) is 5.82 Å². The van der Waals surface area contributed by atoms with E-state index < -0.39 is 0 Å². The summed E-state index contributed by atoms with van der Waals surface area (Å²) in [5.41, 5.74) is 5.08. The van der Waals surface area contributed by atoms with Crippen molar-refractivity contribution in [3.05, 3.63) is 96.8 Å². The van der Waals surface area contributed by atoms with Crippen molar-refractivity contribution in [3.8, 4) is 17.1 Å². The van der Waals surface area contributed by atoms with Gasteiger partial charge in [0.15, 0.2) is 11.5 Å². The van der Waals surface area contributed by atoms with Crippen LogP contribution >= 0.6 is 0 Å². The molecule has 0 bridgehead atoms. The van der Waals surface area contributed by atoms with Gasteiger partial charge in [-0.1, -0.05) is 48.5 Å². The van der Waals surface area contributed by atoms with Gasteiger partial charge in [-0.25, -0.2) is 9.37 Å². The second-order valence-corrected chi connectivity index (χ2v) is 7.92. The van der Waals surface area contributed by atoms with E-state index in [9.17, 15) is 4.39 Å². The molecule has 0 spiro atoms. The van der Waals surface area contributed by atoms with Gasteiger partial charge in [-0.15, -0.1) is 10.2 Å². The summed E-state index contributed by atoms with van der Waals surface area (Å²) >= 11 is 0. The first kappa shape index (κ1) is 18.0. The summed E-state index contributed by atoms with van der Waals surface area (Å²) in [6.45, 7) is 0. The van der Waals surface area contributed by atoms with E-state index in [4.69, 9.17) is 9.40 Å². The molecule has 3 aromatic heterocycles. The summed E-state index contributed by atoms with van der Waals surface area (Å²) in [5.74, 6) is 0.355. The molecule has 7 rings (SSSR count). The van der Waals surface area contributed by atoms with Crippen LogP contribution in [0.5, 0.6) is 0 Å². The molecule has 0 amide bonds. The average molecular weight is 430 g/mol. The van der Waals surface area contributed by atoms with Crippen molar-refractivity contribution >= 4 is 44.0 Å². The SMILES string of the molecule is Fc1ccc2c(c1)oc1c(-c3nc4c5ccccc5nnc4n3-c3ccccc3)cccc12. The lowest BCUT2D eigenvalue weighted by molar-refractivity contribution is 0.618. The highest BCUT2D eigenvalue weighted by atomic mass is 19.1. The Hall–Kier alpha value is -4.58. The summed E-state index contributed by atoms with van der Waals surface area (Å²) in [4.78, 5) is 5.05. The number of imidazole rings is 1. The van der Waals surface area contributed by atoms with Crippen LogP contribution in [0.2, 0.25) is 0 Å². The number of rotatable bonds is 2. The van der Waals surface area contributed by atoms with Gasteiger partial charge in [0, 0.05) is 27.9 Å². The van der Waals surface area contributed by atoms with Gasteiger partial charge >= 0.3 is 0 Å². The van der Waals surface area contributed by atoms with Crippen LogP contribution in [0.15, 0.2) is 95.4 Å². The fraction of sp³-hybridized carbons (Fsp3) is 0. The highest BCUT2D eigenvalue weighted by Crippen LogP contribution is 2.38. The van der Waals surface area contributed by atoms with Gasteiger partial charge in [-0.05, 0) is 36.4 Å². The molecular formula is C27H15FN4O. The van der Waals surface area contributed by atoms with Crippen molar-refractivity contribution in [2.45, 2.75) is 0 Å². The number of hydrogen-bond donors (Lipinski definition) is 0. The van der Waals surface area contributed by atoms with Crippen LogP contribution in [0.1, 0.15) is 0 Å². The molecule has 0 atom stereocenters. The Morgan fingerprint density at radius 1 is 0.727 bits per heavy atom. The van der Waals surface area contributed by atoms with Crippen LogP contribution < -0.4 is 0 Å². The predicted octanol–water partition coefficient (Wildman–Crippen LogP) is 6.67. The Labute approximate surface area is 186 Å². The van der Waals surface area contributed by atoms with E-state index in [2.05, 4.69) is 10.2 Å². The topological polar surface area (TPSA) is 56.7 Å². The van der Waals surface area contributed by atoms with Crippen LogP contribution in [0.25, 0.3) is 61.1 Å². The lowest BCUT2D eigenvalue weighted by atomic mass is 10.1. The van der Waals surface area contributed by atoms with E-state index in [0.717, 1.165) is 38.4 Å². The molecule has 6 heteroatoms. The highest BCUT2D eigenvalue weighted by molar-refractivity contribution is 6.10. The van der Waals surface area contributed by atoms with Gasteiger partial charge in [0.1, 0.15) is 22.5 Å². The summed E-state index contributed by atoms with van der Waals surface area (Å²) in [6.07, 6.45) is 0. The Morgan fingerprint density at radius 2 is 1.55 bits per heavy atom. The molecule has 0 aliphatic rings. The predicted molar refractivity (Wildman–Crippen MR) is 127 cm³/mol. The Kier molecular flexibility index (Phi) is 3.67. The highest BCUT2D eigenvalue weighted by Gasteiger charge is 2.21. The number of aromatic nitrogens is 4. The number of fused-ring (bicyclic) bond motifs is 6. The molecule has 0 saturated carbocycles. The van der Waals surface area contributed by atoms with Crippen molar-refractivity contribution < 1.29 is 8.81 Å². The molecule has 3 heterocycles. The van der Waals surface area contributed by atoms with Crippen LogP contribution in [0.3, 0.4) is 0 Å². The standard InChI is InChI=1S/C27H15FN4O/c28-16-13-14-18-19-10-6-11-21(25(19)33-23(18)15-16)26-29-24-20-9-4-5-12-22(20)30-31-27(24)32(26)17-7-2-1-3-8-17/h1-15H. The Bertz CT molecular complexity index is 1840. The van der Waals surface area contributed by atoms with E-state index in [1.54, 1.807) is 6.07 Å². The number of hydrogen-bond acceptors (Lipinski definition) is 4. The van der Waals surface area contributed by atoms with Crippen molar-refractivity contribution in [1.29, 1.82) is 0 Å². The fourth-order valence-corrected chi connectivity index (χ4v) is 4.50. The lowest BCUT2D eigenvalue weighted by Gasteiger charge is -2.09. The van der Waals surface area contributed by atoms with E-state index in [1.165, 1.54) is 12.1 Å². The molecule has 0 saturated heterocycles. The van der Waals surface area contributed by atoms with Crippen LogP contribution in [-0.2, 0) is 0 Å². The van der Waals surface area contributed by atoms with Gasteiger partial charge in [0.25, 0.3) is 0 Å². The fourth-order valence-electron chi connectivity index (χ4n) is 4.50. The molecule has 0 aliphatic carbocycles. The second-order valence-electron chi connectivity index (χ2n) is 7.92. The first-order chi connectivity index (χ1) is 16.3. The zero-order chi connectivity index (χ0) is 21.9. The summed E-state index contributed by atoms with van der Waals surface area (Å²) in [5, 5.41) is 11.7. The molecule has 0 fully saturated rings. The quantitative estimate of drug-likeness (QED) is 0.307. The average Bonchev–Trinajstić information content (AvgIpc) is 3.42. The maximum absolute atomic E-state index is 13.9. The molecular weight excluding hydrogens is 415 g/mol. The van der Waals surface area contributed by atoms with Crippen LogP contribution in [0.4, 0.5) is 4.39 Å². The smallest absolute Gasteiger partial charge is 0.188 e. The molecule has 156 valence electrons. The second kappa shape index (κ2) is 6.71. The normalized spacial score (nSPS) is 11.8. The summed E-state index contributed by atoms with van der Waals surface area (Å²) in [7, 11) is 0. The van der Waals surface area contributed by atoms with Gasteiger partial charge in [0.2, 0.25) is 0 Å². The molecule has 0 radical (unpaired) electrons. The molecule has 4 aromatic carbocycles. The number of para-hydroxylation sites is 2. The number of benzene rings is 4. The minimum Gasteiger partial charge on any atom is -0.455 e. The minimum atomic E-state index is -0.332. The zero-order valence-electron chi connectivity index (χ0n) is 17.2. The van der Waals surface area contributed by atoms with Gasteiger partial charge in [-0.2, -0.15) is 0 Å². The third kappa shape index (κ3) is 2.61. The van der Waals surface area contributed by atoms with Crippen molar-refractivity contribution in [2.75, 3.05) is 0 Å².